The Kier molecular flexibility index (Phi) is 2.90. The van der Waals surface area contributed by atoms with Gasteiger partial charge in [0, 0.05) is 5.92 Å². The van der Waals surface area contributed by atoms with Gasteiger partial charge in [-0.05, 0) is 71.6 Å². The van der Waals surface area contributed by atoms with Gasteiger partial charge in [-0.15, -0.1) is 0 Å². The molecule has 1 aromatic carbocycles. The van der Waals surface area contributed by atoms with Crippen LogP contribution in [0, 0.1) is 11.3 Å². The highest BCUT2D eigenvalue weighted by molar-refractivity contribution is 9.10. The molecule has 2 aliphatic rings. The summed E-state index contributed by atoms with van der Waals surface area (Å²) in [5, 5.41) is 9.86. The maximum atomic E-state index is 9.86. The Labute approximate surface area is 123 Å². The number of aromatic hydroxyl groups is 1. The van der Waals surface area contributed by atoms with Gasteiger partial charge in [0.15, 0.2) is 0 Å². The number of rotatable bonds is 0. The van der Waals surface area contributed by atoms with E-state index in [1.807, 2.05) is 12.1 Å². The summed E-state index contributed by atoms with van der Waals surface area (Å²) in [5.74, 6) is 1.75. The number of halogens is 1. The summed E-state index contributed by atoms with van der Waals surface area (Å²) in [7, 11) is 0. The van der Waals surface area contributed by atoms with E-state index >= 15 is 0 Å². The molecule has 3 rings (SSSR count). The Hall–Kier alpha value is -0.700. The largest absolute Gasteiger partial charge is 0.507 e. The van der Waals surface area contributed by atoms with Gasteiger partial charge in [0.25, 0.3) is 0 Å². The lowest BCUT2D eigenvalue weighted by molar-refractivity contribution is -0.0816. The minimum absolute atomic E-state index is 0.0643. The van der Waals surface area contributed by atoms with Crippen LogP contribution in [0.5, 0.6) is 11.5 Å². The van der Waals surface area contributed by atoms with Crippen molar-refractivity contribution in [1.82, 2.24) is 0 Å². The van der Waals surface area contributed by atoms with Gasteiger partial charge in [-0.25, -0.2) is 0 Å². The van der Waals surface area contributed by atoms with Crippen LogP contribution in [0.1, 0.15) is 45.6 Å². The minimum Gasteiger partial charge on any atom is -0.507 e. The van der Waals surface area contributed by atoms with E-state index < -0.39 is 0 Å². The van der Waals surface area contributed by atoms with Crippen LogP contribution in [0.2, 0.25) is 0 Å². The van der Waals surface area contributed by atoms with Gasteiger partial charge in [-0.3, -0.25) is 0 Å². The molecular formula is C16H21BrO2. The molecule has 1 N–H and O–H groups in total. The zero-order valence-electron chi connectivity index (χ0n) is 11.8. The Balaban J connectivity index is 2.06. The van der Waals surface area contributed by atoms with Crippen molar-refractivity contribution < 1.29 is 9.84 Å². The molecule has 1 aromatic rings. The van der Waals surface area contributed by atoms with E-state index in [-0.39, 0.29) is 5.60 Å². The summed E-state index contributed by atoms with van der Waals surface area (Å²) in [6.07, 6.45) is 4.61. The standard InChI is InChI=1S/C16H21BrO2/c1-15(2)5-4-6-16(3)14(15)8-10-7-12(18)11(17)9-13(10)19-16/h7,9,14,18H,4-6,8H2,1-3H3/t14-,16-/m0/s1. The van der Waals surface area contributed by atoms with Crippen molar-refractivity contribution >= 4 is 15.9 Å². The smallest absolute Gasteiger partial charge is 0.130 e. The molecule has 0 spiro atoms. The maximum Gasteiger partial charge on any atom is 0.130 e. The average molecular weight is 325 g/mol. The lowest BCUT2D eigenvalue weighted by Gasteiger charge is -2.53. The van der Waals surface area contributed by atoms with Crippen molar-refractivity contribution in [2.75, 3.05) is 0 Å². The zero-order valence-corrected chi connectivity index (χ0v) is 13.4. The second-order valence-electron chi connectivity index (χ2n) is 6.92. The molecule has 19 heavy (non-hydrogen) atoms. The fourth-order valence-electron chi connectivity index (χ4n) is 4.00. The van der Waals surface area contributed by atoms with Gasteiger partial charge < -0.3 is 9.84 Å². The number of hydrogen-bond acceptors (Lipinski definition) is 2. The normalized spacial score (nSPS) is 32.1. The topological polar surface area (TPSA) is 29.5 Å². The SMILES string of the molecule is CC1(C)CCC[C@]2(C)Oc3cc(Br)c(O)cc3C[C@@H]12. The number of hydrogen-bond donors (Lipinski definition) is 1. The molecule has 1 fully saturated rings. The zero-order chi connectivity index (χ0) is 13.8. The van der Waals surface area contributed by atoms with Crippen LogP contribution >= 0.6 is 15.9 Å². The Morgan fingerprint density at radius 3 is 2.74 bits per heavy atom. The fourth-order valence-corrected chi connectivity index (χ4v) is 4.32. The van der Waals surface area contributed by atoms with E-state index in [1.165, 1.54) is 12.8 Å². The molecule has 1 heterocycles. The summed E-state index contributed by atoms with van der Waals surface area (Å²) in [5.41, 5.74) is 1.37. The predicted molar refractivity (Wildman–Crippen MR) is 79.7 cm³/mol. The lowest BCUT2D eigenvalue weighted by Crippen LogP contribution is -2.53. The van der Waals surface area contributed by atoms with Crippen LogP contribution < -0.4 is 4.74 Å². The summed E-state index contributed by atoms with van der Waals surface area (Å²) in [6, 6.07) is 3.76. The van der Waals surface area contributed by atoms with Crippen molar-refractivity contribution in [1.29, 1.82) is 0 Å². The predicted octanol–water partition coefficient (Wildman–Crippen LogP) is 4.67. The molecule has 3 heteroatoms. The van der Waals surface area contributed by atoms with E-state index in [4.69, 9.17) is 4.74 Å². The number of phenols is 1. The molecule has 0 amide bonds. The number of benzene rings is 1. The number of ether oxygens (including phenoxy) is 1. The molecule has 0 bridgehead atoms. The Morgan fingerprint density at radius 2 is 2.00 bits per heavy atom. The first-order chi connectivity index (χ1) is 8.82. The Morgan fingerprint density at radius 1 is 1.26 bits per heavy atom. The van der Waals surface area contributed by atoms with Gasteiger partial charge in [0.2, 0.25) is 0 Å². The average Bonchev–Trinajstić information content (AvgIpc) is 2.29. The van der Waals surface area contributed by atoms with E-state index in [2.05, 4.69) is 36.7 Å². The first-order valence-corrected chi connectivity index (χ1v) is 7.81. The second kappa shape index (κ2) is 4.15. The third-order valence-electron chi connectivity index (χ3n) is 5.07. The van der Waals surface area contributed by atoms with Crippen molar-refractivity contribution in [3.05, 3.63) is 22.2 Å². The highest BCUT2D eigenvalue weighted by Gasteiger charge is 2.50. The highest BCUT2D eigenvalue weighted by Crippen LogP contribution is 2.53. The maximum absolute atomic E-state index is 9.86. The van der Waals surface area contributed by atoms with Crippen LogP contribution in [0.15, 0.2) is 16.6 Å². The van der Waals surface area contributed by atoms with E-state index in [0.717, 1.165) is 24.2 Å². The first-order valence-electron chi connectivity index (χ1n) is 7.02. The van der Waals surface area contributed by atoms with Crippen LogP contribution in [0.4, 0.5) is 0 Å². The van der Waals surface area contributed by atoms with Gasteiger partial charge in [0.1, 0.15) is 17.1 Å². The van der Waals surface area contributed by atoms with Gasteiger partial charge >= 0.3 is 0 Å². The second-order valence-corrected chi connectivity index (χ2v) is 7.78. The van der Waals surface area contributed by atoms with Crippen LogP contribution in [-0.4, -0.2) is 10.7 Å². The van der Waals surface area contributed by atoms with E-state index in [0.29, 0.717) is 21.6 Å². The molecule has 1 aliphatic carbocycles. The van der Waals surface area contributed by atoms with E-state index in [1.54, 1.807) is 0 Å². The molecular weight excluding hydrogens is 304 g/mol. The molecule has 0 aromatic heterocycles. The molecule has 0 radical (unpaired) electrons. The lowest BCUT2D eigenvalue weighted by atomic mass is 9.59. The molecule has 0 saturated heterocycles. The number of fused-ring (bicyclic) bond motifs is 2. The van der Waals surface area contributed by atoms with Crippen molar-refractivity contribution in [3.8, 4) is 11.5 Å². The quantitative estimate of drug-likeness (QED) is 0.751. The summed E-state index contributed by atoms with van der Waals surface area (Å²) in [6.45, 7) is 6.95. The van der Waals surface area contributed by atoms with Crippen LogP contribution in [0.3, 0.4) is 0 Å². The third kappa shape index (κ3) is 2.06. The Bertz CT molecular complexity index is 524. The van der Waals surface area contributed by atoms with Crippen molar-refractivity contribution in [2.45, 2.75) is 52.1 Å². The van der Waals surface area contributed by atoms with Gasteiger partial charge in [-0.2, -0.15) is 0 Å². The molecule has 1 aliphatic heterocycles. The third-order valence-corrected chi connectivity index (χ3v) is 5.71. The molecule has 104 valence electrons. The summed E-state index contributed by atoms with van der Waals surface area (Å²) >= 11 is 3.37. The minimum atomic E-state index is -0.0643. The first kappa shape index (κ1) is 13.3. The van der Waals surface area contributed by atoms with E-state index in [9.17, 15) is 5.11 Å². The van der Waals surface area contributed by atoms with Gasteiger partial charge in [-0.1, -0.05) is 13.8 Å². The van der Waals surface area contributed by atoms with Crippen LogP contribution in [-0.2, 0) is 6.42 Å². The highest BCUT2D eigenvalue weighted by atomic mass is 79.9. The molecule has 2 nitrogen and oxygen atoms in total. The summed E-state index contributed by atoms with van der Waals surface area (Å²) < 4.78 is 7.07. The van der Waals surface area contributed by atoms with Gasteiger partial charge in [0.05, 0.1) is 4.47 Å². The molecule has 1 saturated carbocycles. The monoisotopic (exact) mass is 324 g/mol. The van der Waals surface area contributed by atoms with Crippen molar-refractivity contribution in [2.24, 2.45) is 11.3 Å². The fraction of sp³-hybridized carbons (Fsp3) is 0.625. The summed E-state index contributed by atoms with van der Waals surface area (Å²) in [4.78, 5) is 0. The number of phenolic OH excluding ortho intramolecular Hbond substituents is 1. The molecule has 2 atom stereocenters. The van der Waals surface area contributed by atoms with Crippen molar-refractivity contribution in [3.63, 3.8) is 0 Å². The van der Waals surface area contributed by atoms with Crippen LogP contribution in [0.25, 0.3) is 0 Å². The molecule has 0 unspecified atom stereocenters.